The third-order valence-electron chi connectivity index (χ3n) is 12.7. The molecule has 0 saturated carbocycles. The Morgan fingerprint density at radius 3 is 1.48 bits per heavy atom. The molecule has 0 N–H and O–H groups in total. The molecule has 2 heterocycles. The molecule has 0 fully saturated rings. The van der Waals surface area contributed by atoms with Gasteiger partial charge in [0, 0.05) is 47.6 Å². The molecular weight excluding hydrogens is 751 g/mol. The largest absolute Gasteiger partial charge is 0.372 e. The second kappa shape index (κ2) is 15.7. The van der Waals surface area contributed by atoms with E-state index in [1.807, 2.05) is 12.4 Å². The van der Waals surface area contributed by atoms with Crippen LogP contribution in [0.1, 0.15) is 13.8 Å². The van der Waals surface area contributed by atoms with Gasteiger partial charge < -0.3 is 9.47 Å². The van der Waals surface area contributed by atoms with E-state index in [4.69, 9.17) is 0 Å². The molecule has 0 amide bonds. The van der Waals surface area contributed by atoms with Crippen molar-refractivity contribution in [2.24, 2.45) is 0 Å². The molecule has 0 unspecified atom stereocenters. The maximum absolute atomic E-state index is 4.58. The average molecular weight is 796 g/mol. The number of benzene rings is 9. The van der Waals surface area contributed by atoms with Gasteiger partial charge in [-0.25, -0.2) is 0 Å². The van der Waals surface area contributed by atoms with E-state index < -0.39 is 0 Å². The first-order valence-electron chi connectivity index (χ1n) is 21.7. The lowest BCUT2D eigenvalue weighted by atomic mass is 9.85. The fourth-order valence-electron chi connectivity index (χ4n) is 9.68. The second-order valence-corrected chi connectivity index (χ2v) is 16.1. The third-order valence-corrected chi connectivity index (χ3v) is 12.7. The van der Waals surface area contributed by atoms with E-state index in [-0.39, 0.29) is 0 Å². The molecule has 0 aliphatic heterocycles. The van der Waals surface area contributed by atoms with E-state index in [1.165, 1.54) is 88.3 Å². The summed E-state index contributed by atoms with van der Waals surface area (Å²) in [6.45, 7) is 6.38. The minimum atomic E-state index is 0.960. The van der Waals surface area contributed by atoms with Gasteiger partial charge in [-0.1, -0.05) is 152 Å². The van der Waals surface area contributed by atoms with Crippen molar-refractivity contribution in [1.29, 1.82) is 0 Å². The van der Waals surface area contributed by atoms with E-state index in [9.17, 15) is 0 Å². The molecule has 11 rings (SSSR count). The zero-order valence-corrected chi connectivity index (χ0v) is 35.0. The minimum absolute atomic E-state index is 0.960. The van der Waals surface area contributed by atoms with Gasteiger partial charge in [-0.2, -0.15) is 0 Å². The lowest BCUT2D eigenvalue weighted by molar-refractivity contribution is 0.867. The van der Waals surface area contributed by atoms with Gasteiger partial charge in [-0.05, 0) is 140 Å². The number of rotatable bonds is 9. The Balaban J connectivity index is 1.04. The number of hydrogen-bond acceptors (Lipinski definition) is 2. The van der Waals surface area contributed by atoms with Crippen molar-refractivity contribution in [3.05, 3.63) is 213 Å². The van der Waals surface area contributed by atoms with Crippen LogP contribution in [0.4, 0.5) is 5.69 Å². The Morgan fingerprint density at radius 1 is 0.371 bits per heavy atom. The highest BCUT2D eigenvalue weighted by Crippen LogP contribution is 2.45. The lowest BCUT2D eigenvalue weighted by Gasteiger charge is -2.23. The maximum Gasteiger partial charge on any atom is 0.0571 e. The van der Waals surface area contributed by atoms with Crippen molar-refractivity contribution in [3.8, 4) is 61.3 Å². The number of hydrogen-bond donors (Lipinski definition) is 0. The van der Waals surface area contributed by atoms with Gasteiger partial charge in [0.25, 0.3) is 0 Å². The highest BCUT2D eigenvalue weighted by molar-refractivity contribution is 6.21. The highest BCUT2D eigenvalue weighted by Gasteiger charge is 2.19. The topological polar surface area (TPSA) is 21.1 Å². The summed E-state index contributed by atoms with van der Waals surface area (Å²) in [5.74, 6) is 0. The fraction of sp³-hybridized carbons (Fsp3) is 0.0678. The van der Waals surface area contributed by atoms with E-state index in [2.05, 4.69) is 228 Å². The number of anilines is 1. The molecule has 11 aromatic rings. The van der Waals surface area contributed by atoms with Gasteiger partial charge in [0.15, 0.2) is 0 Å². The maximum atomic E-state index is 4.58. The Morgan fingerprint density at radius 2 is 0.871 bits per heavy atom. The summed E-state index contributed by atoms with van der Waals surface area (Å²) in [6, 6.07) is 73.5. The molecule has 9 aromatic carbocycles. The molecule has 0 spiro atoms. The Kier molecular flexibility index (Phi) is 9.43. The van der Waals surface area contributed by atoms with Gasteiger partial charge in [0.2, 0.25) is 0 Å². The van der Waals surface area contributed by atoms with Gasteiger partial charge >= 0.3 is 0 Å². The van der Waals surface area contributed by atoms with E-state index >= 15 is 0 Å². The monoisotopic (exact) mass is 795 g/mol. The summed E-state index contributed by atoms with van der Waals surface area (Å²) in [4.78, 5) is 7.01. The van der Waals surface area contributed by atoms with Crippen LogP contribution in [0.5, 0.6) is 0 Å². The van der Waals surface area contributed by atoms with Crippen LogP contribution in [0.25, 0.3) is 105 Å². The van der Waals surface area contributed by atoms with Crippen LogP contribution >= 0.6 is 0 Å². The molecule has 3 nitrogen and oxygen atoms in total. The van der Waals surface area contributed by atoms with Gasteiger partial charge in [0.05, 0.1) is 11.0 Å². The van der Waals surface area contributed by atoms with Crippen molar-refractivity contribution < 1.29 is 0 Å². The van der Waals surface area contributed by atoms with Gasteiger partial charge in [-0.15, -0.1) is 0 Å². The summed E-state index contributed by atoms with van der Waals surface area (Å²) < 4.78 is 2.39. The number of aromatic nitrogens is 2. The van der Waals surface area contributed by atoms with Gasteiger partial charge in [-0.3, -0.25) is 4.98 Å². The summed E-state index contributed by atoms with van der Waals surface area (Å²) in [7, 11) is 0. The smallest absolute Gasteiger partial charge is 0.0571 e. The molecule has 296 valence electrons. The fourth-order valence-corrected chi connectivity index (χ4v) is 9.68. The molecular formula is C59H45N3. The van der Waals surface area contributed by atoms with Crippen molar-refractivity contribution in [3.63, 3.8) is 0 Å². The Labute approximate surface area is 362 Å². The SMILES string of the molecule is CCN(CC)c1cc(-c2ccccc2)cc(-c2ccc(-c3c4ccccc4c(-c4cccc(-n5c6ccncc6c6cc(-c7ccccc7)ccc65)c4)c4ccccc34)cc2)c1. The zero-order valence-electron chi connectivity index (χ0n) is 35.0. The molecule has 0 atom stereocenters. The van der Waals surface area contributed by atoms with Crippen molar-refractivity contribution in [1.82, 2.24) is 9.55 Å². The molecule has 0 aliphatic carbocycles. The predicted molar refractivity (Wildman–Crippen MR) is 264 cm³/mol. The Hall–Kier alpha value is -7.75. The number of pyridine rings is 1. The summed E-state index contributed by atoms with van der Waals surface area (Å²) >= 11 is 0. The third kappa shape index (κ3) is 6.42. The van der Waals surface area contributed by atoms with E-state index in [1.54, 1.807) is 0 Å². The molecule has 0 bridgehead atoms. The number of fused-ring (bicyclic) bond motifs is 5. The molecule has 3 heteroatoms. The second-order valence-electron chi connectivity index (χ2n) is 16.1. The van der Waals surface area contributed by atoms with Crippen LogP contribution < -0.4 is 4.90 Å². The number of nitrogens with zero attached hydrogens (tertiary/aromatic N) is 3. The van der Waals surface area contributed by atoms with Crippen LogP contribution in [0.2, 0.25) is 0 Å². The normalized spacial score (nSPS) is 11.5. The van der Waals surface area contributed by atoms with Crippen LogP contribution in [0.15, 0.2) is 213 Å². The summed E-state index contributed by atoms with van der Waals surface area (Å²) in [5, 5.41) is 7.29. The minimum Gasteiger partial charge on any atom is -0.372 e. The zero-order chi connectivity index (χ0) is 41.6. The first-order valence-corrected chi connectivity index (χ1v) is 21.7. The van der Waals surface area contributed by atoms with E-state index in [0.717, 1.165) is 35.2 Å². The average Bonchev–Trinajstić information content (AvgIpc) is 3.68. The predicted octanol–water partition coefficient (Wildman–Crippen LogP) is 15.7. The van der Waals surface area contributed by atoms with Gasteiger partial charge in [0.1, 0.15) is 0 Å². The lowest BCUT2D eigenvalue weighted by Crippen LogP contribution is -2.21. The highest BCUT2D eigenvalue weighted by atomic mass is 15.1. The first kappa shape index (κ1) is 37.3. The Bertz CT molecular complexity index is 3360. The molecule has 0 aliphatic rings. The van der Waals surface area contributed by atoms with Crippen molar-refractivity contribution in [2.45, 2.75) is 13.8 Å². The molecule has 62 heavy (non-hydrogen) atoms. The van der Waals surface area contributed by atoms with Crippen LogP contribution in [-0.2, 0) is 0 Å². The summed E-state index contributed by atoms with van der Waals surface area (Å²) in [6.07, 6.45) is 3.90. The molecule has 2 aromatic heterocycles. The van der Waals surface area contributed by atoms with Crippen molar-refractivity contribution >= 4 is 49.0 Å². The van der Waals surface area contributed by atoms with Crippen molar-refractivity contribution in [2.75, 3.05) is 18.0 Å². The molecule has 0 radical (unpaired) electrons. The van der Waals surface area contributed by atoms with Crippen LogP contribution in [-0.4, -0.2) is 22.6 Å². The first-order chi connectivity index (χ1) is 30.7. The standard InChI is InChI=1S/C59H45N3/c1-3-61(4-2)49-36-46(41-18-9-6-10-19-41)34-47(37-49)42-26-28-43(29-27-42)58-50-22-11-13-24-52(50)59(53-25-14-12-23-51(53)58)45-20-15-21-48(35-45)62-56-31-30-44(40-16-7-5-8-17-40)38-54(56)55-39-60-33-32-57(55)62/h5-39H,3-4H2,1-2H3. The summed E-state index contributed by atoms with van der Waals surface area (Å²) in [5.41, 5.74) is 16.9. The van der Waals surface area contributed by atoms with Crippen LogP contribution in [0.3, 0.4) is 0 Å². The van der Waals surface area contributed by atoms with E-state index in [0.29, 0.717) is 0 Å². The molecule has 0 saturated heterocycles. The quantitative estimate of drug-likeness (QED) is 0.136. The van der Waals surface area contributed by atoms with Crippen LogP contribution in [0, 0.1) is 0 Å².